The Labute approximate surface area is 200 Å². The SMILES string of the molecule is CCS(=O)(=O)N[C@H]1CCCN(C(=O)OC(C)C)[C@H]1COC1CCC2(c3ncc(F)cn3)CC2C1. The predicted octanol–water partition coefficient (Wildman–Crippen LogP) is 2.76. The maximum atomic E-state index is 13.2. The molecule has 0 spiro atoms. The molecule has 0 radical (unpaired) electrons. The van der Waals surface area contributed by atoms with Crippen molar-refractivity contribution in [1.82, 2.24) is 19.6 Å². The van der Waals surface area contributed by atoms with Gasteiger partial charge in [-0.3, -0.25) is 0 Å². The first kappa shape index (κ1) is 25.2. The Bertz CT molecular complexity index is 976. The van der Waals surface area contributed by atoms with E-state index in [1.165, 1.54) is 12.4 Å². The van der Waals surface area contributed by atoms with Crippen LogP contribution in [0.15, 0.2) is 12.4 Å². The van der Waals surface area contributed by atoms with E-state index in [9.17, 15) is 17.6 Å². The van der Waals surface area contributed by atoms with E-state index in [0.717, 1.165) is 25.7 Å². The number of halogens is 1. The number of aromatic nitrogens is 2. The van der Waals surface area contributed by atoms with Crippen LogP contribution < -0.4 is 4.72 Å². The quantitative estimate of drug-likeness (QED) is 0.587. The summed E-state index contributed by atoms with van der Waals surface area (Å²) in [7, 11) is -3.44. The molecule has 5 atom stereocenters. The first-order valence-corrected chi connectivity index (χ1v) is 13.9. The highest BCUT2D eigenvalue weighted by Gasteiger charge is 2.60. The number of carbonyl (C=O) groups excluding carboxylic acids is 1. The molecule has 4 rings (SSSR count). The number of hydrogen-bond donors (Lipinski definition) is 1. The number of sulfonamides is 1. The van der Waals surface area contributed by atoms with Crippen molar-refractivity contribution < 1.29 is 27.1 Å². The van der Waals surface area contributed by atoms with Crippen LogP contribution >= 0.6 is 0 Å². The molecule has 190 valence electrons. The minimum Gasteiger partial charge on any atom is -0.447 e. The third kappa shape index (κ3) is 5.52. The lowest BCUT2D eigenvalue weighted by Crippen LogP contribution is -2.59. The van der Waals surface area contributed by atoms with Gasteiger partial charge >= 0.3 is 6.09 Å². The minimum atomic E-state index is -3.44. The van der Waals surface area contributed by atoms with Crippen LogP contribution in [0.2, 0.25) is 0 Å². The lowest BCUT2D eigenvalue weighted by molar-refractivity contribution is -0.0308. The summed E-state index contributed by atoms with van der Waals surface area (Å²) in [5, 5.41) is 0. The van der Waals surface area contributed by atoms with Crippen LogP contribution in [0.1, 0.15) is 65.1 Å². The van der Waals surface area contributed by atoms with Crippen molar-refractivity contribution >= 4 is 16.1 Å². The van der Waals surface area contributed by atoms with E-state index in [2.05, 4.69) is 14.7 Å². The number of carbonyl (C=O) groups is 1. The highest BCUT2D eigenvalue weighted by atomic mass is 32.2. The summed E-state index contributed by atoms with van der Waals surface area (Å²) in [5.41, 5.74) is -0.0786. The van der Waals surface area contributed by atoms with Crippen molar-refractivity contribution in [3.8, 4) is 0 Å². The zero-order valence-corrected chi connectivity index (χ0v) is 20.9. The van der Waals surface area contributed by atoms with Gasteiger partial charge in [0.1, 0.15) is 5.82 Å². The molecule has 0 aromatic carbocycles. The molecule has 11 heteroatoms. The van der Waals surface area contributed by atoms with E-state index < -0.39 is 34.0 Å². The molecule has 2 aliphatic carbocycles. The average molecular weight is 499 g/mol. The Morgan fingerprint density at radius 3 is 2.71 bits per heavy atom. The lowest BCUT2D eigenvalue weighted by atomic mass is 9.86. The monoisotopic (exact) mass is 498 g/mol. The fourth-order valence-corrected chi connectivity index (χ4v) is 6.30. The van der Waals surface area contributed by atoms with Crippen LogP contribution in [-0.4, -0.2) is 72.6 Å². The van der Waals surface area contributed by atoms with Gasteiger partial charge in [0, 0.05) is 18.0 Å². The smallest absolute Gasteiger partial charge is 0.410 e. The van der Waals surface area contributed by atoms with Crippen molar-refractivity contribution in [2.75, 3.05) is 18.9 Å². The molecular formula is C23H35FN4O5S. The number of fused-ring (bicyclic) bond motifs is 1. The number of hydrogen-bond acceptors (Lipinski definition) is 7. The van der Waals surface area contributed by atoms with E-state index in [1.807, 2.05) is 0 Å². The van der Waals surface area contributed by atoms with Crippen molar-refractivity contribution in [2.24, 2.45) is 5.92 Å². The third-order valence-electron chi connectivity index (χ3n) is 7.32. The molecule has 1 saturated heterocycles. The van der Waals surface area contributed by atoms with Crippen molar-refractivity contribution in [3.05, 3.63) is 24.0 Å². The van der Waals surface area contributed by atoms with Gasteiger partial charge < -0.3 is 14.4 Å². The molecule has 3 aliphatic rings. The Balaban J connectivity index is 1.40. The lowest BCUT2D eigenvalue weighted by Gasteiger charge is -2.41. The summed E-state index contributed by atoms with van der Waals surface area (Å²) in [5.74, 6) is 0.641. The van der Waals surface area contributed by atoms with Gasteiger partial charge in [-0.1, -0.05) is 0 Å². The highest BCUT2D eigenvalue weighted by molar-refractivity contribution is 7.89. The van der Waals surface area contributed by atoms with Crippen molar-refractivity contribution in [2.45, 2.75) is 89.0 Å². The molecule has 2 heterocycles. The summed E-state index contributed by atoms with van der Waals surface area (Å²) in [4.78, 5) is 22.8. The zero-order chi connectivity index (χ0) is 24.5. The second kappa shape index (κ2) is 10.0. The molecule has 1 aromatic heterocycles. The first-order valence-electron chi connectivity index (χ1n) is 12.2. The van der Waals surface area contributed by atoms with E-state index in [1.54, 1.807) is 25.7 Å². The van der Waals surface area contributed by atoms with Gasteiger partial charge in [-0.05, 0) is 65.2 Å². The normalized spacial score (nSPS) is 31.3. The number of nitrogens with one attached hydrogen (secondary N) is 1. The molecule has 2 saturated carbocycles. The summed E-state index contributed by atoms with van der Waals surface area (Å²) < 4.78 is 52.3. The van der Waals surface area contributed by atoms with Gasteiger partial charge in [-0.2, -0.15) is 0 Å². The molecule has 34 heavy (non-hydrogen) atoms. The molecule has 0 bridgehead atoms. The van der Waals surface area contributed by atoms with Crippen LogP contribution in [0.5, 0.6) is 0 Å². The molecular weight excluding hydrogens is 463 g/mol. The fraction of sp³-hybridized carbons (Fsp3) is 0.783. The number of rotatable bonds is 8. The van der Waals surface area contributed by atoms with Crippen LogP contribution in [0.25, 0.3) is 0 Å². The molecule has 3 fully saturated rings. The van der Waals surface area contributed by atoms with E-state index >= 15 is 0 Å². The van der Waals surface area contributed by atoms with Crippen LogP contribution in [-0.2, 0) is 24.9 Å². The topological polar surface area (TPSA) is 111 Å². The summed E-state index contributed by atoms with van der Waals surface area (Å²) in [6.07, 6.45) is 6.55. The van der Waals surface area contributed by atoms with Gasteiger partial charge in [0.05, 0.1) is 43.0 Å². The van der Waals surface area contributed by atoms with Gasteiger partial charge in [0.25, 0.3) is 0 Å². The van der Waals surface area contributed by atoms with Crippen LogP contribution in [0, 0.1) is 11.7 Å². The number of nitrogens with zero attached hydrogens (tertiary/aromatic N) is 3. The Morgan fingerprint density at radius 2 is 2.06 bits per heavy atom. The van der Waals surface area contributed by atoms with Crippen molar-refractivity contribution in [1.29, 1.82) is 0 Å². The van der Waals surface area contributed by atoms with E-state index in [4.69, 9.17) is 9.47 Å². The number of likely N-dealkylation sites (tertiary alicyclic amines) is 1. The van der Waals surface area contributed by atoms with Gasteiger partial charge in [0.15, 0.2) is 5.82 Å². The second-order valence-electron chi connectivity index (χ2n) is 9.98. The Morgan fingerprint density at radius 1 is 1.32 bits per heavy atom. The fourth-order valence-electron chi connectivity index (χ4n) is 5.40. The molecule has 1 amide bonds. The summed E-state index contributed by atoms with van der Waals surface area (Å²) >= 11 is 0. The molecule has 9 nitrogen and oxygen atoms in total. The molecule has 1 N–H and O–H groups in total. The highest BCUT2D eigenvalue weighted by Crippen LogP contribution is 2.61. The summed E-state index contributed by atoms with van der Waals surface area (Å²) in [6.45, 7) is 5.92. The number of piperidine rings is 1. The Kier molecular flexibility index (Phi) is 7.44. The second-order valence-corrected chi connectivity index (χ2v) is 12.0. The van der Waals surface area contributed by atoms with Crippen LogP contribution in [0.4, 0.5) is 9.18 Å². The predicted molar refractivity (Wildman–Crippen MR) is 123 cm³/mol. The van der Waals surface area contributed by atoms with Gasteiger partial charge in [0.2, 0.25) is 10.0 Å². The zero-order valence-electron chi connectivity index (χ0n) is 20.1. The maximum Gasteiger partial charge on any atom is 0.410 e. The average Bonchev–Trinajstić information content (AvgIpc) is 3.52. The largest absolute Gasteiger partial charge is 0.447 e. The van der Waals surface area contributed by atoms with Crippen molar-refractivity contribution in [3.63, 3.8) is 0 Å². The third-order valence-corrected chi connectivity index (χ3v) is 8.74. The molecule has 1 aliphatic heterocycles. The Hall–Kier alpha value is -1.85. The van der Waals surface area contributed by atoms with E-state index in [-0.39, 0.29) is 30.0 Å². The first-order chi connectivity index (χ1) is 16.1. The molecule has 1 aromatic rings. The maximum absolute atomic E-state index is 13.2. The van der Waals surface area contributed by atoms with E-state index in [0.29, 0.717) is 31.1 Å². The molecule has 3 unspecified atom stereocenters. The summed E-state index contributed by atoms with van der Waals surface area (Å²) in [6, 6.07) is -0.859. The van der Waals surface area contributed by atoms with Crippen LogP contribution in [0.3, 0.4) is 0 Å². The number of amides is 1. The number of ether oxygens (including phenoxy) is 2. The van der Waals surface area contributed by atoms with Gasteiger partial charge in [-0.25, -0.2) is 32.3 Å². The van der Waals surface area contributed by atoms with Gasteiger partial charge in [-0.15, -0.1) is 0 Å². The standard InChI is InChI=1S/C23H35FN4O5S/c1-4-34(30,31)27-19-6-5-9-28(22(29)33-15(2)3)20(19)14-32-18-7-8-23(11-16(23)10-18)21-25-12-17(24)13-26-21/h12-13,15-16,18-20,27H,4-11,14H2,1-3H3/t16?,18?,19-,20-,23?/m0/s1. The minimum absolute atomic E-state index is 0.00870.